The highest BCUT2D eigenvalue weighted by atomic mass is 16.5. The van der Waals surface area contributed by atoms with Gasteiger partial charge in [0.05, 0.1) is 25.2 Å². The van der Waals surface area contributed by atoms with Gasteiger partial charge in [-0.3, -0.25) is 0 Å². The van der Waals surface area contributed by atoms with Crippen LogP contribution in [-0.4, -0.2) is 47.7 Å². The lowest BCUT2D eigenvalue weighted by atomic mass is 9.92. The summed E-state index contributed by atoms with van der Waals surface area (Å²) in [6.45, 7) is 4.22. The summed E-state index contributed by atoms with van der Waals surface area (Å²) < 4.78 is 4.98. The van der Waals surface area contributed by atoms with Gasteiger partial charge in [0.1, 0.15) is 6.61 Å². The van der Waals surface area contributed by atoms with Gasteiger partial charge in [-0.05, 0) is 12.8 Å². The molecule has 0 aliphatic rings. The first-order chi connectivity index (χ1) is 9.05. The van der Waals surface area contributed by atoms with Crippen molar-refractivity contribution in [1.82, 2.24) is 0 Å². The van der Waals surface area contributed by atoms with Gasteiger partial charge in [-0.2, -0.15) is 0 Å². The van der Waals surface area contributed by atoms with Gasteiger partial charge >= 0.3 is 5.97 Å². The Balaban J connectivity index is 4.05. The number of carbonyl (C=O) groups is 1. The Morgan fingerprint density at radius 3 is 2.16 bits per heavy atom. The molecule has 0 atom stereocenters. The molecule has 3 N–H and O–H groups in total. The van der Waals surface area contributed by atoms with Gasteiger partial charge in [-0.15, -0.1) is 0 Å². The molecule has 0 aromatic heterocycles. The summed E-state index contributed by atoms with van der Waals surface area (Å²) in [5.41, 5.74) is -0.795. The molecular weight excluding hydrogens is 248 g/mol. The molecule has 0 aromatic rings. The molecule has 0 aliphatic heterocycles. The number of aliphatic hydroxyl groups is 3. The Morgan fingerprint density at radius 2 is 1.68 bits per heavy atom. The molecule has 5 heteroatoms. The van der Waals surface area contributed by atoms with E-state index in [0.29, 0.717) is 12.0 Å². The predicted molar refractivity (Wildman–Crippen MR) is 72.5 cm³/mol. The standard InChI is InChI=1S/C14H26O5/c1-3-4-5-6-7-12(2)13(18)19-11-14(8-15,9-16)10-17/h15-17H,2-11H2,1H3. The van der Waals surface area contributed by atoms with Gasteiger partial charge in [0.2, 0.25) is 0 Å². The fraction of sp³-hybridized carbons (Fsp3) is 0.786. The summed E-state index contributed by atoms with van der Waals surface area (Å²) in [5.74, 6) is -0.531. The summed E-state index contributed by atoms with van der Waals surface area (Å²) >= 11 is 0. The van der Waals surface area contributed by atoms with E-state index < -0.39 is 31.2 Å². The minimum atomic E-state index is -1.18. The summed E-state index contributed by atoms with van der Waals surface area (Å²) in [6, 6.07) is 0. The van der Waals surface area contributed by atoms with E-state index in [-0.39, 0.29) is 6.61 Å². The average molecular weight is 274 g/mol. The normalized spacial score (nSPS) is 11.4. The van der Waals surface area contributed by atoms with Crippen LogP contribution in [0.1, 0.15) is 39.0 Å². The van der Waals surface area contributed by atoms with E-state index in [1.807, 2.05) is 0 Å². The highest BCUT2D eigenvalue weighted by Crippen LogP contribution is 2.17. The average Bonchev–Trinajstić information content (AvgIpc) is 2.45. The first-order valence-electron chi connectivity index (χ1n) is 6.72. The van der Waals surface area contributed by atoms with Crippen molar-refractivity contribution in [2.75, 3.05) is 26.4 Å². The summed E-state index contributed by atoms with van der Waals surface area (Å²) in [7, 11) is 0. The molecule has 0 heterocycles. The topological polar surface area (TPSA) is 87.0 Å². The zero-order valence-electron chi connectivity index (χ0n) is 11.7. The zero-order valence-corrected chi connectivity index (χ0v) is 11.7. The molecule has 0 aliphatic carbocycles. The number of esters is 1. The third-order valence-electron chi connectivity index (χ3n) is 3.14. The van der Waals surface area contributed by atoms with E-state index in [0.717, 1.165) is 25.7 Å². The smallest absolute Gasteiger partial charge is 0.333 e. The minimum absolute atomic E-state index is 0.219. The Kier molecular flexibility index (Phi) is 9.47. The molecule has 0 amide bonds. The molecule has 0 saturated heterocycles. The zero-order chi connectivity index (χ0) is 14.7. The van der Waals surface area contributed by atoms with Crippen LogP contribution in [0.4, 0.5) is 0 Å². The van der Waals surface area contributed by atoms with Gasteiger partial charge in [0, 0.05) is 5.57 Å². The molecule has 0 aromatic carbocycles. The van der Waals surface area contributed by atoms with Gasteiger partial charge in [-0.1, -0.05) is 32.8 Å². The second-order valence-electron chi connectivity index (χ2n) is 4.96. The number of rotatable bonds is 11. The summed E-state index contributed by atoms with van der Waals surface area (Å²) in [6.07, 6.45) is 4.79. The maximum absolute atomic E-state index is 11.6. The van der Waals surface area contributed by atoms with E-state index in [4.69, 9.17) is 20.1 Å². The first-order valence-corrected chi connectivity index (χ1v) is 6.72. The Hall–Kier alpha value is -0.910. The minimum Gasteiger partial charge on any atom is -0.461 e. The van der Waals surface area contributed by atoms with Crippen molar-refractivity contribution in [2.24, 2.45) is 5.41 Å². The van der Waals surface area contributed by atoms with Crippen LogP contribution in [0.3, 0.4) is 0 Å². The third kappa shape index (κ3) is 6.71. The van der Waals surface area contributed by atoms with Crippen molar-refractivity contribution >= 4 is 5.97 Å². The Bertz CT molecular complexity index is 263. The van der Waals surface area contributed by atoms with E-state index in [2.05, 4.69) is 13.5 Å². The van der Waals surface area contributed by atoms with Crippen LogP contribution in [0.5, 0.6) is 0 Å². The summed E-state index contributed by atoms with van der Waals surface area (Å²) in [5, 5.41) is 27.3. The number of ether oxygens (including phenoxy) is 1. The second kappa shape index (κ2) is 9.95. The maximum atomic E-state index is 11.6. The first kappa shape index (κ1) is 18.1. The molecule has 0 rings (SSSR count). The lowest BCUT2D eigenvalue weighted by Crippen LogP contribution is -2.39. The maximum Gasteiger partial charge on any atom is 0.333 e. The van der Waals surface area contributed by atoms with Crippen LogP contribution < -0.4 is 0 Å². The number of hydrogen-bond acceptors (Lipinski definition) is 5. The van der Waals surface area contributed by atoms with Crippen LogP contribution in [-0.2, 0) is 9.53 Å². The number of carbonyl (C=O) groups excluding carboxylic acids is 1. The van der Waals surface area contributed by atoms with Crippen molar-refractivity contribution < 1.29 is 24.9 Å². The van der Waals surface area contributed by atoms with Gasteiger partial charge in [0.25, 0.3) is 0 Å². The second-order valence-corrected chi connectivity index (χ2v) is 4.96. The fourth-order valence-corrected chi connectivity index (χ4v) is 1.47. The molecule has 0 saturated carbocycles. The highest BCUT2D eigenvalue weighted by molar-refractivity contribution is 5.87. The van der Waals surface area contributed by atoms with E-state index in [1.54, 1.807) is 0 Å². The number of aliphatic hydroxyl groups excluding tert-OH is 3. The fourth-order valence-electron chi connectivity index (χ4n) is 1.47. The summed E-state index contributed by atoms with van der Waals surface area (Å²) in [4.78, 5) is 11.6. The van der Waals surface area contributed by atoms with Crippen molar-refractivity contribution in [1.29, 1.82) is 0 Å². The molecule has 112 valence electrons. The molecule has 0 fully saturated rings. The molecule has 0 spiro atoms. The lowest BCUT2D eigenvalue weighted by Gasteiger charge is -2.26. The highest BCUT2D eigenvalue weighted by Gasteiger charge is 2.30. The van der Waals surface area contributed by atoms with Crippen molar-refractivity contribution in [3.05, 3.63) is 12.2 Å². The van der Waals surface area contributed by atoms with Crippen molar-refractivity contribution in [3.8, 4) is 0 Å². The van der Waals surface area contributed by atoms with Crippen molar-refractivity contribution in [2.45, 2.75) is 39.0 Å². The lowest BCUT2D eigenvalue weighted by molar-refractivity contribution is -0.146. The molecule has 19 heavy (non-hydrogen) atoms. The Morgan fingerprint density at radius 1 is 1.11 bits per heavy atom. The molecule has 5 nitrogen and oxygen atoms in total. The van der Waals surface area contributed by atoms with Gasteiger partial charge < -0.3 is 20.1 Å². The molecule has 0 unspecified atom stereocenters. The van der Waals surface area contributed by atoms with E-state index in [1.165, 1.54) is 0 Å². The Labute approximate surface area is 114 Å². The largest absolute Gasteiger partial charge is 0.461 e. The van der Waals surface area contributed by atoms with Crippen LogP contribution in [0.15, 0.2) is 12.2 Å². The SMILES string of the molecule is C=C(CCCCCC)C(=O)OCC(CO)(CO)CO. The molecular formula is C14H26O5. The predicted octanol–water partition coefficient (Wildman–Crippen LogP) is 1.02. The molecule has 0 bridgehead atoms. The van der Waals surface area contributed by atoms with Crippen molar-refractivity contribution in [3.63, 3.8) is 0 Å². The van der Waals surface area contributed by atoms with Crippen LogP contribution in [0.2, 0.25) is 0 Å². The van der Waals surface area contributed by atoms with Gasteiger partial charge in [-0.25, -0.2) is 4.79 Å². The number of unbranched alkanes of at least 4 members (excludes halogenated alkanes) is 3. The van der Waals surface area contributed by atoms with Crippen LogP contribution >= 0.6 is 0 Å². The van der Waals surface area contributed by atoms with E-state index in [9.17, 15) is 4.79 Å². The molecule has 0 radical (unpaired) electrons. The van der Waals surface area contributed by atoms with E-state index >= 15 is 0 Å². The van der Waals surface area contributed by atoms with Crippen LogP contribution in [0, 0.1) is 5.41 Å². The quantitative estimate of drug-likeness (QED) is 0.297. The van der Waals surface area contributed by atoms with Gasteiger partial charge in [0.15, 0.2) is 0 Å². The third-order valence-corrected chi connectivity index (χ3v) is 3.14. The monoisotopic (exact) mass is 274 g/mol. The number of hydrogen-bond donors (Lipinski definition) is 3. The van der Waals surface area contributed by atoms with Crippen LogP contribution in [0.25, 0.3) is 0 Å².